The van der Waals surface area contributed by atoms with E-state index < -0.39 is 0 Å². The van der Waals surface area contributed by atoms with Gasteiger partial charge >= 0.3 is 0 Å². The molecule has 0 spiro atoms. The van der Waals surface area contributed by atoms with Gasteiger partial charge in [0.05, 0.1) is 27.4 Å². The van der Waals surface area contributed by atoms with Crippen molar-refractivity contribution in [3.05, 3.63) is 52.6 Å². The van der Waals surface area contributed by atoms with E-state index in [0.717, 1.165) is 11.1 Å². The average molecular weight is 315 g/mol. The van der Waals surface area contributed by atoms with Crippen LogP contribution in [0.15, 0.2) is 30.3 Å². The second-order valence-corrected chi connectivity index (χ2v) is 5.01. The van der Waals surface area contributed by atoms with Gasteiger partial charge in [-0.25, -0.2) is 0 Å². The Morgan fingerprint density at radius 2 is 1.78 bits per heavy atom. The molecule has 0 aromatic heterocycles. The molecule has 0 fully saturated rings. The van der Waals surface area contributed by atoms with E-state index in [-0.39, 0.29) is 13.2 Å². The molecular formula is C18H21NO4. The molecule has 0 aliphatic rings. The molecule has 5 heteroatoms. The molecule has 0 heterocycles. The van der Waals surface area contributed by atoms with E-state index in [0.29, 0.717) is 28.3 Å². The van der Waals surface area contributed by atoms with Crippen LogP contribution in [0.5, 0.6) is 11.5 Å². The van der Waals surface area contributed by atoms with E-state index in [1.807, 2.05) is 30.4 Å². The normalized spacial score (nSPS) is 11.0. The number of anilines is 1. The van der Waals surface area contributed by atoms with Gasteiger partial charge < -0.3 is 25.4 Å². The van der Waals surface area contributed by atoms with Gasteiger partial charge in [-0.2, -0.15) is 0 Å². The predicted molar refractivity (Wildman–Crippen MR) is 91.2 cm³/mol. The maximum absolute atomic E-state index is 9.46. The molecule has 2 aromatic carbocycles. The molecule has 23 heavy (non-hydrogen) atoms. The average Bonchev–Trinajstić information content (AvgIpc) is 2.59. The molecule has 0 saturated carbocycles. The quantitative estimate of drug-likeness (QED) is 0.563. The van der Waals surface area contributed by atoms with E-state index in [1.165, 1.54) is 7.11 Å². The lowest BCUT2D eigenvalue weighted by Gasteiger charge is -2.12. The Bertz CT molecular complexity index is 685. The van der Waals surface area contributed by atoms with Gasteiger partial charge in [-0.15, -0.1) is 0 Å². The summed E-state index contributed by atoms with van der Waals surface area (Å²) in [5.74, 6) is 1.25. The minimum absolute atomic E-state index is 0.168. The Hall–Kier alpha value is -2.50. The Kier molecular flexibility index (Phi) is 5.62. The molecule has 0 amide bonds. The Morgan fingerprint density at radius 3 is 2.35 bits per heavy atom. The molecular weight excluding hydrogens is 294 g/mol. The molecule has 0 aliphatic heterocycles. The smallest absolute Gasteiger partial charge is 0.125 e. The van der Waals surface area contributed by atoms with Crippen LogP contribution in [0, 0.1) is 0 Å². The number of nitrogen functional groups attached to an aromatic ring is 1. The lowest BCUT2D eigenvalue weighted by Crippen LogP contribution is -1.99. The van der Waals surface area contributed by atoms with E-state index >= 15 is 0 Å². The molecule has 2 rings (SSSR count). The van der Waals surface area contributed by atoms with Gasteiger partial charge in [0.15, 0.2) is 0 Å². The summed E-state index contributed by atoms with van der Waals surface area (Å²) in [5, 5.41) is 18.9. The molecule has 0 atom stereocenters. The van der Waals surface area contributed by atoms with E-state index in [4.69, 9.17) is 15.2 Å². The standard InChI is InChI=1S/C18H21NO4/c1-22-15-6-5-13(17(19)9-15)4-3-12-7-14(10-20)16(11-21)18(8-12)23-2/h3-9,20-21H,10-11,19H2,1-2H3/b4-3-. The molecule has 0 radical (unpaired) electrons. The van der Waals surface area contributed by atoms with Crippen molar-refractivity contribution in [2.24, 2.45) is 0 Å². The topological polar surface area (TPSA) is 84.9 Å². The van der Waals surface area contributed by atoms with Crippen LogP contribution in [0.3, 0.4) is 0 Å². The van der Waals surface area contributed by atoms with Crippen molar-refractivity contribution in [2.75, 3.05) is 20.0 Å². The third kappa shape index (κ3) is 3.83. The van der Waals surface area contributed by atoms with Crippen molar-refractivity contribution >= 4 is 17.8 Å². The maximum atomic E-state index is 9.46. The van der Waals surface area contributed by atoms with Gasteiger partial charge in [-0.05, 0) is 41.0 Å². The first-order valence-electron chi connectivity index (χ1n) is 7.16. The van der Waals surface area contributed by atoms with Crippen molar-refractivity contribution < 1.29 is 19.7 Å². The van der Waals surface area contributed by atoms with Gasteiger partial charge in [0.2, 0.25) is 0 Å². The highest BCUT2D eigenvalue weighted by Crippen LogP contribution is 2.27. The number of aliphatic hydroxyl groups excluding tert-OH is 2. The summed E-state index contributed by atoms with van der Waals surface area (Å²) >= 11 is 0. The first-order valence-corrected chi connectivity index (χ1v) is 7.16. The van der Waals surface area contributed by atoms with Crippen LogP contribution in [0.1, 0.15) is 22.3 Å². The Morgan fingerprint density at radius 1 is 1.00 bits per heavy atom. The lowest BCUT2D eigenvalue weighted by atomic mass is 10.0. The SMILES string of the molecule is COc1ccc(/C=C\c2cc(CO)c(CO)c(OC)c2)c(N)c1. The summed E-state index contributed by atoms with van der Waals surface area (Å²) in [6.45, 7) is -0.354. The fraction of sp³-hybridized carbons (Fsp3) is 0.222. The van der Waals surface area contributed by atoms with Gasteiger partial charge in [-0.3, -0.25) is 0 Å². The van der Waals surface area contributed by atoms with Gasteiger partial charge in [-0.1, -0.05) is 12.2 Å². The highest BCUT2D eigenvalue weighted by atomic mass is 16.5. The van der Waals surface area contributed by atoms with E-state index in [1.54, 1.807) is 19.2 Å². The largest absolute Gasteiger partial charge is 0.497 e. The van der Waals surface area contributed by atoms with Crippen molar-refractivity contribution in [3.8, 4) is 11.5 Å². The molecule has 5 nitrogen and oxygen atoms in total. The number of ether oxygens (including phenoxy) is 2. The molecule has 4 N–H and O–H groups in total. The van der Waals surface area contributed by atoms with Gasteiger partial charge in [0.1, 0.15) is 11.5 Å². The van der Waals surface area contributed by atoms with Crippen LogP contribution < -0.4 is 15.2 Å². The second kappa shape index (κ2) is 7.67. The van der Waals surface area contributed by atoms with Crippen LogP contribution >= 0.6 is 0 Å². The second-order valence-electron chi connectivity index (χ2n) is 5.01. The number of nitrogens with two attached hydrogens (primary N) is 1. The minimum atomic E-state index is -0.186. The number of hydrogen-bond acceptors (Lipinski definition) is 5. The summed E-state index contributed by atoms with van der Waals surface area (Å²) in [4.78, 5) is 0. The monoisotopic (exact) mass is 315 g/mol. The number of aliphatic hydroxyl groups is 2. The summed E-state index contributed by atoms with van der Waals surface area (Å²) in [6.07, 6.45) is 3.75. The van der Waals surface area contributed by atoms with Crippen LogP contribution in [0.4, 0.5) is 5.69 Å². The zero-order chi connectivity index (χ0) is 16.8. The maximum Gasteiger partial charge on any atom is 0.125 e. The van der Waals surface area contributed by atoms with Crippen LogP contribution in [-0.2, 0) is 13.2 Å². The Balaban J connectivity index is 2.36. The fourth-order valence-corrected chi connectivity index (χ4v) is 2.34. The molecule has 122 valence electrons. The fourth-order valence-electron chi connectivity index (χ4n) is 2.34. The number of benzene rings is 2. The van der Waals surface area contributed by atoms with Crippen LogP contribution in [0.2, 0.25) is 0 Å². The molecule has 0 unspecified atom stereocenters. The highest BCUT2D eigenvalue weighted by molar-refractivity contribution is 5.77. The highest BCUT2D eigenvalue weighted by Gasteiger charge is 2.09. The van der Waals surface area contributed by atoms with Crippen molar-refractivity contribution in [3.63, 3.8) is 0 Å². The van der Waals surface area contributed by atoms with E-state index in [2.05, 4.69) is 0 Å². The van der Waals surface area contributed by atoms with E-state index in [9.17, 15) is 10.2 Å². The first kappa shape index (κ1) is 16.9. The molecule has 0 saturated heterocycles. The molecule has 0 bridgehead atoms. The van der Waals surface area contributed by atoms with Gasteiger partial charge in [0, 0.05) is 17.3 Å². The summed E-state index contributed by atoms with van der Waals surface area (Å²) < 4.78 is 10.4. The zero-order valence-corrected chi connectivity index (χ0v) is 13.2. The third-order valence-electron chi connectivity index (χ3n) is 3.62. The predicted octanol–water partition coefficient (Wildman–Crippen LogP) is 2.44. The summed E-state index contributed by atoms with van der Waals surface area (Å²) in [6, 6.07) is 9.08. The minimum Gasteiger partial charge on any atom is -0.497 e. The third-order valence-corrected chi connectivity index (χ3v) is 3.62. The van der Waals surface area contributed by atoms with Crippen molar-refractivity contribution in [2.45, 2.75) is 13.2 Å². The van der Waals surface area contributed by atoms with Crippen molar-refractivity contribution in [1.82, 2.24) is 0 Å². The zero-order valence-electron chi connectivity index (χ0n) is 13.2. The number of rotatable bonds is 6. The number of hydrogen-bond donors (Lipinski definition) is 3. The van der Waals surface area contributed by atoms with Gasteiger partial charge in [0.25, 0.3) is 0 Å². The van der Waals surface area contributed by atoms with Crippen LogP contribution in [-0.4, -0.2) is 24.4 Å². The summed E-state index contributed by atoms with van der Waals surface area (Å²) in [5.41, 5.74) is 9.54. The molecule has 0 aliphatic carbocycles. The molecule has 2 aromatic rings. The Labute approximate surface area is 135 Å². The first-order chi connectivity index (χ1) is 11.1. The summed E-state index contributed by atoms with van der Waals surface area (Å²) in [7, 11) is 3.13. The van der Waals surface area contributed by atoms with Crippen molar-refractivity contribution in [1.29, 1.82) is 0 Å². The number of methoxy groups -OCH3 is 2. The van der Waals surface area contributed by atoms with Crippen LogP contribution in [0.25, 0.3) is 12.2 Å². The lowest BCUT2D eigenvalue weighted by molar-refractivity contribution is 0.254.